The van der Waals surface area contributed by atoms with E-state index in [0.29, 0.717) is 6.54 Å². The van der Waals surface area contributed by atoms with Crippen molar-refractivity contribution in [3.63, 3.8) is 0 Å². The molecule has 1 saturated carbocycles. The van der Waals surface area contributed by atoms with Gasteiger partial charge in [0.15, 0.2) is 0 Å². The van der Waals surface area contributed by atoms with Crippen LogP contribution in [0.4, 0.5) is 0 Å². The molecule has 0 saturated heterocycles. The molecule has 8 heteroatoms. The van der Waals surface area contributed by atoms with Gasteiger partial charge in [-0.2, -0.15) is 5.10 Å². The number of rotatable bonds is 8. The lowest BCUT2D eigenvalue weighted by atomic mass is 10.1. The SMILES string of the molecule is C[C@H](c1cc(-c2ccccc2)n[nH]1)N(C)C(=O)c1cn(Cc2ccccc2)cc(C(=O)NC2CC2)c1=O. The Balaban J connectivity index is 1.45. The van der Waals surface area contributed by atoms with Crippen LogP contribution in [0.15, 0.2) is 83.9 Å². The van der Waals surface area contributed by atoms with Crippen LogP contribution >= 0.6 is 0 Å². The molecule has 8 nitrogen and oxygen atoms in total. The topological polar surface area (TPSA) is 100 Å². The molecule has 1 aliphatic rings. The van der Waals surface area contributed by atoms with Crippen molar-refractivity contribution in [2.24, 2.45) is 0 Å². The highest BCUT2D eigenvalue weighted by Crippen LogP contribution is 2.24. The second-order valence-electron chi connectivity index (χ2n) is 9.49. The van der Waals surface area contributed by atoms with E-state index < -0.39 is 17.2 Å². The molecule has 0 aliphatic heterocycles. The second-order valence-corrected chi connectivity index (χ2v) is 9.49. The lowest BCUT2D eigenvalue weighted by molar-refractivity contribution is 0.0737. The molecular weight excluding hydrogens is 466 g/mol. The van der Waals surface area contributed by atoms with Gasteiger partial charge in [-0.1, -0.05) is 60.7 Å². The molecule has 2 amide bonds. The lowest BCUT2D eigenvalue weighted by Gasteiger charge is -2.24. The Morgan fingerprint density at radius 1 is 1.05 bits per heavy atom. The summed E-state index contributed by atoms with van der Waals surface area (Å²) in [5.41, 5.74) is 2.82. The molecule has 2 aromatic carbocycles. The monoisotopic (exact) mass is 495 g/mol. The summed E-state index contributed by atoms with van der Waals surface area (Å²) in [5.74, 6) is -0.906. The van der Waals surface area contributed by atoms with Gasteiger partial charge < -0.3 is 14.8 Å². The van der Waals surface area contributed by atoms with Crippen LogP contribution in [-0.4, -0.2) is 44.6 Å². The Kier molecular flexibility index (Phi) is 6.72. The maximum Gasteiger partial charge on any atom is 0.259 e. The van der Waals surface area contributed by atoms with Crippen LogP contribution in [0.1, 0.15) is 57.8 Å². The summed E-state index contributed by atoms with van der Waals surface area (Å²) < 4.78 is 1.73. The van der Waals surface area contributed by atoms with Gasteiger partial charge in [0, 0.05) is 37.6 Å². The number of carbonyl (C=O) groups is 2. The van der Waals surface area contributed by atoms with E-state index in [9.17, 15) is 14.4 Å². The zero-order valence-corrected chi connectivity index (χ0v) is 20.8. The maximum absolute atomic E-state index is 13.6. The first kappa shape index (κ1) is 24.2. The molecule has 0 bridgehead atoms. The molecule has 0 unspecified atom stereocenters. The van der Waals surface area contributed by atoms with Crippen LogP contribution in [0.2, 0.25) is 0 Å². The molecule has 37 heavy (non-hydrogen) atoms. The van der Waals surface area contributed by atoms with Crippen molar-refractivity contribution >= 4 is 11.8 Å². The van der Waals surface area contributed by atoms with E-state index in [0.717, 1.165) is 35.4 Å². The molecule has 5 rings (SSSR count). The average Bonchev–Trinajstić information content (AvgIpc) is 3.60. The molecule has 1 atom stereocenters. The van der Waals surface area contributed by atoms with E-state index in [2.05, 4.69) is 15.5 Å². The quantitative estimate of drug-likeness (QED) is 0.386. The zero-order chi connectivity index (χ0) is 25.9. The first-order chi connectivity index (χ1) is 17.9. The third-order valence-corrected chi connectivity index (χ3v) is 6.69. The van der Waals surface area contributed by atoms with E-state index in [1.165, 1.54) is 17.3 Å². The minimum absolute atomic E-state index is 0.0253. The summed E-state index contributed by atoms with van der Waals surface area (Å²) >= 11 is 0. The smallest absolute Gasteiger partial charge is 0.259 e. The zero-order valence-electron chi connectivity index (χ0n) is 20.8. The summed E-state index contributed by atoms with van der Waals surface area (Å²) in [5, 5.41) is 10.3. The van der Waals surface area contributed by atoms with Gasteiger partial charge >= 0.3 is 0 Å². The van der Waals surface area contributed by atoms with Gasteiger partial charge in [0.05, 0.1) is 17.4 Å². The van der Waals surface area contributed by atoms with E-state index in [1.54, 1.807) is 11.6 Å². The standard InChI is InChI=1S/C29H29N5O3/c1-19(25-15-26(32-31-25)21-11-7-4-8-12-21)33(2)29(37)24-18-34(16-20-9-5-3-6-10-20)17-23(27(24)35)28(36)30-22-13-14-22/h3-12,15,17-19,22H,13-14,16H2,1-2H3,(H,30,36)(H,31,32)/t19-/m1/s1. The lowest BCUT2D eigenvalue weighted by Crippen LogP contribution is -2.37. The first-order valence-electron chi connectivity index (χ1n) is 12.4. The molecule has 2 aromatic heterocycles. The Morgan fingerprint density at radius 3 is 2.38 bits per heavy atom. The molecule has 1 fully saturated rings. The van der Waals surface area contributed by atoms with Crippen LogP contribution in [0.25, 0.3) is 11.3 Å². The van der Waals surface area contributed by atoms with Crippen molar-refractivity contribution in [1.29, 1.82) is 0 Å². The molecule has 188 valence electrons. The van der Waals surface area contributed by atoms with Crippen LogP contribution in [0.5, 0.6) is 0 Å². The Bertz CT molecular complexity index is 1470. The highest BCUT2D eigenvalue weighted by Gasteiger charge is 2.28. The predicted octanol–water partition coefficient (Wildman–Crippen LogP) is 4.01. The summed E-state index contributed by atoms with van der Waals surface area (Å²) in [6.45, 7) is 2.29. The van der Waals surface area contributed by atoms with Crippen molar-refractivity contribution in [1.82, 2.24) is 25.0 Å². The number of amides is 2. The molecule has 0 spiro atoms. The first-order valence-corrected chi connectivity index (χ1v) is 12.4. The van der Waals surface area contributed by atoms with Gasteiger partial charge in [-0.05, 0) is 31.4 Å². The summed E-state index contributed by atoms with van der Waals surface area (Å²) in [6, 6.07) is 21.0. The van der Waals surface area contributed by atoms with Gasteiger partial charge in [-0.25, -0.2) is 0 Å². The second kappa shape index (κ2) is 10.3. The van der Waals surface area contributed by atoms with Crippen molar-refractivity contribution in [2.45, 2.75) is 38.4 Å². The fourth-order valence-corrected chi connectivity index (χ4v) is 4.20. The van der Waals surface area contributed by atoms with E-state index in [1.807, 2.05) is 73.7 Å². The van der Waals surface area contributed by atoms with Crippen molar-refractivity contribution in [2.75, 3.05) is 7.05 Å². The molecule has 4 aromatic rings. The van der Waals surface area contributed by atoms with Crippen molar-refractivity contribution < 1.29 is 9.59 Å². The third kappa shape index (κ3) is 5.38. The fraction of sp³-hybridized carbons (Fsp3) is 0.241. The Hall–Kier alpha value is -4.46. The maximum atomic E-state index is 13.6. The number of aromatic amines is 1. The highest BCUT2D eigenvalue weighted by atomic mass is 16.2. The fourth-order valence-electron chi connectivity index (χ4n) is 4.20. The van der Waals surface area contributed by atoms with Gasteiger partial charge in [0.25, 0.3) is 11.8 Å². The molecule has 1 aliphatic carbocycles. The number of hydrogen-bond acceptors (Lipinski definition) is 4. The summed E-state index contributed by atoms with van der Waals surface area (Å²) in [7, 11) is 1.65. The van der Waals surface area contributed by atoms with Crippen LogP contribution in [0.3, 0.4) is 0 Å². The van der Waals surface area contributed by atoms with Gasteiger partial charge in [-0.3, -0.25) is 19.5 Å². The predicted molar refractivity (Wildman–Crippen MR) is 141 cm³/mol. The van der Waals surface area contributed by atoms with Crippen LogP contribution in [0, 0.1) is 0 Å². The molecule has 2 N–H and O–H groups in total. The Labute approximate surface area is 215 Å². The minimum atomic E-state index is -0.568. The summed E-state index contributed by atoms with van der Waals surface area (Å²) in [4.78, 5) is 41.4. The van der Waals surface area contributed by atoms with Gasteiger partial charge in [0.2, 0.25) is 5.43 Å². The number of hydrogen-bond donors (Lipinski definition) is 2. The van der Waals surface area contributed by atoms with E-state index in [-0.39, 0.29) is 23.2 Å². The normalized spacial score (nSPS) is 13.7. The molecule has 0 radical (unpaired) electrons. The van der Waals surface area contributed by atoms with E-state index in [4.69, 9.17) is 0 Å². The minimum Gasteiger partial charge on any atom is -0.349 e. The number of nitrogens with zero attached hydrogens (tertiary/aromatic N) is 3. The average molecular weight is 496 g/mol. The highest BCUT2D eigenvalue weighted by molar-refractivity contribution is 5.99. The van der Waals surface area contributed by atoms with Crippen molar-refractivity contribution in [3.05, 3.63) is 112 Å². The molecular formula is C29H29N5O3. The van der Waals surface area contributed by atoms with Crippen LogP contribution in [-0.2, 0) is 6.54 Å². The van der Waals surface area contributed by atoms with Gasteiger partial charge in [0.1, 0.15) is 11.1 Å². The van der Waals surface area contributed by atoms with Crippen molar-refractivity contribution in [3.8, 4) is 11.3 Å². The third-order valence-electron chi connectivity index (χ3n) is 6.69. The largest absolute Gasteiger partial charge is 0.349 e. The number of nitrogens with one attached hydrogen (secondary N) is 2. The van der Waals surface area contributed by atoms with E-state index >= 15 is 0 Å². The molecule has 2 heterocycles. The van der Waals surface area contributed by atoms with Crippen LogP contribution < -0.4 is 10.7 Å². The van der Waals surface area contributed by atoms with Gasteiger partial charge in [-0.15, -0.1) is 0 Å². The number of H-pyrrole nitrogens is 1. The number of carbonyl (C=O) groups excluding carboxylic acids is 2. The number of pyridine rings is 1. The Morgan fingerprint density at radius 2 is 1.70 bits per heavy atom. The number of aromatic nitrogens is 3. The summed E-state index contributed by atoms with van der Waals surface area (Å²) in [6.07, 6.45) is 4.88. The number of benzene rings is 2.